The van der Waals surface area contributed by atoms with Crippen LogP contribution in [0.15, 0.2) is 28.9 Å². The van der Waals surface area contributed by atoms with Gasteiger partial charge in [0.2, 0.25) is 0 Å². The molecule has 1 unspecified atom stereocenters. The first kappa shape index (κ1) is 15.8. The first-order valence-corrected chi connectivity index (χ1v) is 7.70. The van der Waals surface area contributed by atoms with E-state index in [9.17, 15) is 4.79 Å². The molecule has 1 N–H and O–H groups in total. The van der Waals surface area contributed by atoms with Crippen molar-refractivity contribution < 1.29 is 14.2 Å². The van der Waals surface area contributed by atoms with E-state index in [2.05, 4.69) is 20.3 Å². The number of ether oxygens (including phenoxy) is 1. The second-order valence-corrected chi connectivity index (χ2v) is 5.69. The van der Waals surface area contributed by atoms with Crippen LogP contribution in [0.3, 0.4) is 0 Å². The van der Waals surface area contributed by atoms with Gasteiger partial charge in [-0.15, -0.1) is 0 Å². The molecular formula is C15H17ClN4O3. The summed E-state index contributed by atoms with van der Waals surface area (Å²) in [4.78, 5) is 14.0. The Labute approximate surface area is 138 Å². The van der Waals surface area contributed by atoms with Crippen LogP contribution in [0.1, 0.15) is 23.1 Å². The summed E-state index contributed by atoms with van der Waals surface area (Å²) in [6.07, 6.45) is -0.223. The van der Waals surface area contributed by atoms with Crippen molar-refractivity contribution in [1.82, 2.24) is 20.5 Å². The molecule has 1 aliphatic rings. The minimum absolute atomic E-state index is 0.173. The van der Waals surface area contributed by atoms with Gasteiger partial charge in [0.1, 0.15) is 17.5 Å². The first-order chi connectivity index (χ1) is 11.1. The van der Waals surface area contributed by atoms with E-state index in [0.717, 1.165) is 5.56 Å². The zero-order valence-electron chi connectivity index (χ0n) is 12.7. The van der Waals surface area contributed by atoms with E-state index in [1.807, 2.05) is 24.3 Å². The van der Waals surface area contributed by atoms with Crippen LogP contribution in [-0.4, -0.2) is 40.9 Å². The summed E-state index contributed by atoms with van der Waals surface area (Å²) >= 11 is 6.21. The number of benzene rings is 1. The zero-order chi connectivity index (χ0) is 16.2. The van der Waals surface area contributed by atoms with E-state index < -0.39 is 0 Å². The van der Waals surface area contributed by atoms with Gasteiger partial charge in [-0.05, 0) is 13.0 Å². The molecule has 1 fully saturated rings. The van der Waals surface area contributed by atoms with Crippen molar-refractivity contribution in [2.45, 2.75) is 19.6 Å². The molecule has 23 heavy (non-hydrogen) atoms. The first-order valence-electron chi connectivity index (χ1n) is 7.32. The van der Waals surface area contributed by atoms with Crippen LogP contribution < -0.4 is 5.32 Å². The lowest BCUT2D eigenvalue weighted by molar-refractivity contribution is -0.0154. The predicted octanol–water partition coefficient (Wildman–Crippen LogP) is 2.31. The average molecular weight is 337 g/mol. The number of rotatable bonds is 3. The molecule has 3 rings (SSSR count). The van der Waals surface area contributed by atoms with Crippen molar-refractivity contribution in [3.8, 4) is 0 Å². The van der Waals surface area contributed by atoms with E-state index in [4.69, 9.17) is 16.3 Å². The molecule has 1 aromatic carbocycles. The maximum Gasteiger partial charge on any atom is 0.317 e. The Morgan fingerprint density at radius 2 is 2.26 bits per heavy atom. The Morgan fingerprint density at radius 1 is 1.43 bits per heavy atom. The molecule has 2 aromatic rings. The molecule has 1 aromatic heterocycles. The highest BCUT2D eigenvalue weighted by Gasteiger charge is 2.26. The van der Waals surface area contributed by atoms with E-state index in [0.29, 0.717) is 36.1 Å². The van der Waals surface area contributed by atoms with E-state index in [-0.39, 0.29) is 18.7 Å². The van der Waals surface area contributed by atoms with Crippen LogP contribution in [0, 0.1) is 6.92 Å². The minimum atomic E-state index is -0.223. The lowest BCUT2D eigenvalue weighted by atomic mass is 10.1. The molecule has 122 valence electrons. The maximum absolute atomic E-state index is 12.3. The number of aryl methyl sites for hydroxylation is 1. The highest BCUT2D eigenvalue weighted by molar-refractivity contribution is 6.31. The van der Waals surface area contributed by atoms with Crippen LogP contribution in [0.5, 0.6) is 0 Å². The van der Waals surface area contributed by atoms with Crippen LogP contribution in [0.2, 0.25) is 5.02 Å². The highest BCUT2D eigenvalue weighted by Crippen LogP contribution is 2.28. The third kappa shape index (κ3) is 3.62. The van der Waals surface area contributed by atoms with Crippen molar-refractivity contribution in [2.75, 3.05) is 19.7 Å². The molecule has 7 nitrogen and oxygen atoms in total. The summed E-state index contributed by atoms with van der Waals surface area (Å²) in [5.41, 5.74) is 2.18. The Kier molecular flexibility index (Phi) is 4.78. The smallest absolute Gasteiger partial charge is 0.317 e. The molecule has 2 amide bonds. The van der Waals surface area contributed by atoms with Gasteiger partial charge in [0, 0.05) is 17.1 Å². The Morgan fingerprint density at radius 3 is 3.00 bits per heavy atom. The van der Waals surface area contributed by atoms with Crippen molar-refractivity contribution in [1.29, 1.82) is 0 Å². The fourth-order valence-corrected chi connectivity index (χ4v) is 2.70. The lowest BCUT2D eigenvalue weighted by Crippen LogP contribution is -2.47. The van der Waals surface area contributed by atoms with Crippen molar-refractivity contribution >= 4 is 17.6 Å². The number of aromatic nitrogens is 2. The molecule has 8 heteroatoms. The number of carbonyl (C=O) groups excluding carboxylic acids is 1. The zero-order valence-corrected chi connectivity index (χ0v) is 13.4. The van der Waals surface area contributed by atoms with Crippen molar-refractivity contribution in [2.24, 2.45) is 0 Å². The second-order valence-electron chi connectivity index (χ2n) is 5.28. The van der Waals surface area contributed by atoms with Gasteiger partial charge in [0.05, 0.1) is 19.7 Å². The van der Waals surface area contributed by atoms with E-state index >= 15 is 0 Å². The number of halogens is 1. The van der Waals surface area contributed by atoms with E-state index in [1.165, 1.54) is 0 Å². The molecule has 0 saturated carbocycles. The molecule has 0 aliphatic carbocycles. The van der Waals surface area contributed by atoms with Gasteiger partial charge in [-0.25, -0.2) is 9.42 Å². The van der Waals surface area contributed by atoms with E-state index in [1.54, 1.807) is 11.8 Å². The number of carbonyl (C=O) groups is 1. The number of urea groups is 1. The summed E-state index contributed by atoms with van der Waals surface area (Å²) in [6, 6.07) is 7.34. The quantitative estimate of drug-likeness (QED) is 0.930. The summed E-state index contributed by atoms with van der Waals surface area (Å²) in [6.45, 7) is 3.50. The van der Waals surface area contributed by atoms with Crippen LogP contribution in [-0.2, 0) is 11.3 Å². The Bertz CT molecular complexity index is 691. The molecule has 0 radical (unpaired) electrons. The van der Waals surface area contributed by atoms with Crippen LogP contribution >= 0.6 is 11.6 Å². The SMILES string of the molecule is Cc1nonc1CNC(=O)N1CCOC(c2ccccc2Cl)C1. The molecule has 1 aliphatic heterocycles. The maximum atomic E-state index is 12.3. The summed E-state index contributed by atoms with van der Waals surface area (Å²) in [5, 5.41) is 10.9. The summed E-state index contributed by atoms with van der Waals surface area (Å²) < 4.78 is 10.4. The average Bonchev–Trinajstić information content (AvgIpc) is 2.98. The van der Waals surface area contributed by atoms with Crippen LogP contribution in [0.4, 0.5) is 4.79 Å². The van der Waals surface area contributed by atoms with Gasteiger partial charge in [-0.3, -0.25) is 0 Å². The number of hydrogen-bond donors (Lipinski definition) is 1. The lowest BCUT2D eigenvalue weighted by Gasteiger charge is -2.33. The van der Waals surface area contributed by atoms with Crippen LogP contribution in [0.25, 0.3) is 0 Å². The van der Waals surface area contributed by atoms with Crippen molar-refractivity contribution in [3.63, 3.8) is 0 Å². The number of hydrogen-bond acceptors (Lipinski definition) is 5. The monoisotopic (exact) mass is 336 g/mol. The molecular weight excluding hydrogens is 320 g/mol. The van der Waals surface area contributed by atoms with Gasteiger partial charge >= 0.3 is 6.03 Å². The molecule has 0 bridgehead atoms. The Hall–Kier alpha value is -2.12. The second kappa shape index (κ2) is 6.97. The normalized spacial score (nSPS) is 18.0. The van der Waals surface area contributed by atoms with Gasteiger partial charge in [0.25, 0.3) is 0 Å². The fourth-order valence-electron chi connectivity index (χ4n) is 2.44. The number of nitrogens with zero attached hydrogens (tertiary/aromatic N) is 3. The number of morpholine rings is 1. The molecule has 2 heterocycles. The highest BCUT2D eigenvalue weighted by atomic mass is 35.5. The standard InChI is InChI=1S/C15H17ClN4O3/c1-10-13(19-23-18-10)8-17-15(21)20-6-7-22-14(9-20)11-4-2-3-5-12(11)16/h2-5,14H,6-9H2,1H3,(H,17,21). The van der Waals surface area contributed by atoms with Gasteiger partial charge in [-0.1, -0.05) is 40.1 Å². The third-order valence-electron chi connectivity index (χ3n) is 3.76. The Balaban J connectivity index is 1.61. The number of amides is 2. The fraction of sp³-hybridized carbons (Fsp3) is 0.400. The third-order valence-corrected chi connectivity index (χ3v) is 4.10. The van der Waals surface area contributed by atoms with Gasteiger partial charge < -0.3 is 15.0 Å². The molecule has 0 spiro atoms. The van der Waals surface area contributed by atoms with Gasteiger partial charge in [-0.2, -0.15) is 0 Å². The largest absolute Gasteiger partial charge is 0.370 e. The predicted molar refractivity (Wildman–Crippen MR) is 83.0 cm³/mol. The minimum Gasteiger partial charge on any atom is -0.370 e. The summed E-state index contributed by atoms with van der Waals surface area (Å²) in [5.74, 6) is 0. The molecule has 1 saturated heterocycles. The summed E-state index contributed by atoms with van der Waals surface area (Å²) in [7, 11) is 0. The number of nitrogens with one attached hydrogen (secondary N) is 1. The van der Waals surface area contributed by atoms with Gasteiger partial charge in [0.15, 0.2) is 0 Å². The topological polar surface area (TPSA) is 80.5 Å². The molecule has 1 atom stereocenters. The van der Waals surface area contributed by atoms with Crippen molar-refractivity contribution in [3.05, 3.63) is 46.2 Å².